The molecule has 0 spiro atoms. The quantitative estimate of drug-likeness (QED) is 0.438. The molecule has 0 aromatic carbocycles. The normalized spacial score (nSPS) is 35.2. The summed E-state index contributed by atoms with van der Waals surface area (Å²) in [6.07, 6.45) is 7.72. The van der Waals surface area contributed by atoms with Gasteiger partial charge in [-0.3, -0.25) is 0 Å². The fraction of sp³-hybridized carbons (Fsp3) is 0.700. The molecule has 2 rings (SSSR count). The topological polar surface area (TPSA) is 26.3 Å². The molecule has 66 valence electrons. The van der Waals surface area contributed by atoms with Crippen LogP contribution in [0, 0.1) is 5.92 Å². The Morgan fingerprint density at radius 2 is 2.50 bits per heavy atom. The van der Waals surface area contributed by atoms with Crippen molar-refractivity contribution in [3.05, 3.63) is 11.6 Å². The zero-order chi connectivity index (χ0) is 8.39. The lowest BCUT2D eigenvalue weighted by Gasteiger charge is -2.33. The number of carbonyl (C=O) groups is 1. The molecule has 0 amide bonds. The molecule has 1 fully saturated rings. The molecule has 12 heavy (non-hydrogen) atoms. The maximum absolute atomic E-state index is 10.7. The van der Waals surface area contributed by atoms with Gasteiger partial charge in [0.05, 0.1) is 6.10 Å². The van der Waals surface area contributed by atoms with Gasteiger partial charge in [-0.25, -0.2) is 0 Å². The molecule has 0 N–H and O–H groups in total. The van der Waals surface area contributed by atoms with Crippen LogP contribution in [-0.4, -0.2) is 19.0 Å². The second-order valence-corrected chi connectivity index (χ2v) is 3.55. The third-order valence-corrected chi connectivity index (χ3v) is 2.74. The molecule has 2 nitrogen and oxygen atoms in total. The molecule has 2 heteroatoms. The van der Waals surface area contributed by atoms with Crippen LogP contribution < -0.4 is 0 Å². The molecule has 0 saturated carbocycles. The number of rotatable bonds is 1. The Morgan fingerprint density at radius 3 is 3.33 bits per heavy atom. The lowest BCUT2D eigenvalue weighted by molar-refractivity contribution is -0.116. The average molecular weight is 166 g/mol. The molecule has 2 aliphatic rings. The predicted octanol–water partition coefficient (Wildman–Crippen LogP) is 1.70. The molecular formula is C10H14O2. The van der Waals surface area contributed by atoms with E-state index in [0.29, 0.717) is 0 Å². The summed E-state index contributed by atoms with van der Waals surface area (Å²) < 4.78 is 5.59. The van der Waals surface area contributed by atoms with Crippen molar-refractivity contribution in [3.63, 3.8) is 0 Å². The van der Waals surface area contributed by atoms with Gasteiger partial charge >= 0.3 is 0 Å². The lowest BCUT2D eigenvalue weighted by Crippen LogP contribution is -2.33. The largest absolute Gasteiger partial charge is 0.373 e. The van der Waals surface area contributed by atoms with Crippen LogP contribution >= 0.6 is 0 Å². The van der Waals surface area contributed by atoms with E-state index >= 15 is 0 Å². The molecule has 1 saturated heterocycles. The highest BCUT2D eigenvalue weighted by Crippen LogP contribution is 2.31. The highest BCUT2D eigenvalue weighted by Gasteiger charge is 2.30. The van der Waals surface area contributed by atoms with Crippen LogP contribution in [-0.2, 0) is 9.53 Å². The Balaban J connectivity index is 2.15. The van der Waals surface area contributed by atoms with E-state index in [1.807, 2.05) is 0 Å². The molecule has 1 aliphatic heterocycles. The zero-order valence-corrected chi connectivity index (χ0v) is 7.16. The summed E-state index contributed by atoms with van der Waals surface area (Å²) in [6.45, 7) is 0.826. The molecule has 0 radical (unpaired) electrons. The Kier molecular flexibility index (Phi) is 2.26. The second kappa shape index (κ2) is 3.40. The minimum absolute atomic E-state index is 0.130. The number of carbonyl (C=O) groups excluding carboxylic acids is 1. The summed E-state index contributed by atoms with van der Waals surface area (Å²) in [5, 5.41) is 0. The Labute approximate surface area is 72.6 Å². The Bertz CT molecular complexity index is 208. The first-order valence-corrected chi connectivity index (χ1v) is 4.67. The fourth-order valence-electron chi connectivity index (χ4n) is 2.10. The summed E-state index contributed by atoms with van der Waals surface area (Å²) in [4.78, 5) is 10.7. The van der Waals surface area contributed by atoms with Crippen molar-refractivity contribution in [1.82, 2.24) is 0 Å². The van der Waals surface area contributed by atoms with Crippen molar-refractivity contribution >= 4 is 6.29 Å². The molecule has 2 atom stereocenters. The fourth-order valence-corrected chi connectivity index (χ4v) is 2.10. The maximum atomic E-state index is 10.7. The van der Waals surface area contributed by atoms with Gasteiger partial charge in [-0.15, -0.1) is 0 Å². The highest BCUT2D eigenvalue weighted by atomic mass is 16.5. The minimum atomic E-state index is 0.130. The smallest absolute Gasteiger partial charge is 0.126 e. The van der Waals surface area contributed by atoms with Crippen LogP contribution in [0.2, 0.25) is 0 Å². The SMILES string of the molecule is O=CC1CCC=C2CCCO[C@@H]21. The first-order valence-electron chi connectivity index (χ1n) is 4.67. The first kappa shape index (κ1) is 7.99. The number of allylic oxidation sites excluding steroid dienone is 1. The standard InChI is InChI=1S/C10H14O2/c11-7-9-4-1-3-8-5-2-6-12-10(8)9/h3,7,9-10H,1-2,4-6H2/t9?,10-/m0/s1. The van der Waals surface area contributed by atoms with E-state index in [9.17, 15) is 4.79 Å². The average Bonchev–Trinajstić information content (AvgIpc) is 2.17. The van der Waals surface area contributed by atoms with Crippen molar-refractivity contribution < 1.29 is 9.53 Å². The maximum Gasteiger partial charge on any atom is 0.126 e. The van der Waals surface area contributed by atoms with Crippen LogP contribution in [0.15, 0.2) is 11.6 Å². The molecule has 0 bridgehead atoms. The number of aldehydes is 1. The summed E-state index contributed by atoms with van der Waals surface area (Å²) in [7, 11) is 0. The van der Waals surface area contributed by atoms with E-state index in [4.69, 9.17) is 4.74 Å². The van der Waals surface area contributed by atoms with Crippen molar-refractivity contribution in [1.29, 1.82) is 0 Å². The summed E-state index contributed by atoms with van der Waals surface area (Å²) in [6, 6.07) is 0. The van der Waals surface area contributed by atoms with E-state index in [1.54, 1.807) is 0 Å². The number of fused-ring (bicyclic) bond motifs is 1. The predicted molar refractivity (Wildman–Crippen MR) is 45.8 cm³/mol. The van der Waals surface area contributed by atoms with Crippen molar-refractivity contribution in [2.45, 2.75) is 31.8 Å². The molecular weight excluding hydrogens is 152 g/mol. The van der Waals surface area contributed by atoms with E-state index in [1.165, 1.54) is 5.57 Å². The monoisotopic (exact) mass is 166 g/mol. The molecule has 1 heterocycles. The molecule has 0 aromatic heterocycles. The molecule has 1 unspecified atom stereocenters. The first-order chi connectivity index (χ1) is 5.92. The van der Waals surface area contributed by atoms with Crippen LogP contribution in [0.5, 0.6) is 0 Å². The van der Waals surface area contributed by atoms with Gasteiger partial charge in [0, 0.05) is 12.5 Å². The van der Waals surface area contributed by atoms with Crippen LogP contribution in [0.25, 0.3) is 0 Å². The zero-order valence-electron chi connectivity index (χ0n) is 7.16. The third-order valence-electron chi connectivity index (χ3n) is 2.74. The summed E-state index contributed by atoms with van der Waals surface area (Å²) in [5.41, 5.74) is 1.37. The number of ether oxygens (including phenoxy) is 1. The van der Waals surface area contributed by atoms with Crippen LogP contribution in [0.3, 0.4) is 0 Å². The van der Waals surface area contributed by atoms with Crippen LogP contribution in [0.1, 0.15) is 25.7 Å². The van der Waals surface area contributed by atoms with Crippen molar-refractivity contribution in [3.8, 4) is 0 Å². The van der Waals surface area contributed by atoms with E-state index < -0.39 is 0 Å². The summed E-state index contributed by atoms with van der Waals surface area (Å²) >= 11 is 0. The highest BCUT2D eigenvalue weighted by molar-refractivity contribution is 5.56. The minimum Gasteiger partial charge on any atom is -0.373 e. The summed E-state index contributed by atoms with van der Waals surface area (Å²) in [5.74, 6) is 0.130. The number of hydrogen-bond donors (Lipinski definition) is 0. The van der Waals surface area contributed by atoms with Gasteiger partial charge < -0.3 is 9.53 Å². The van der Waals surface area contributed by atoms with E-state index in [-0.39, 0.29) is 12.0 Å². The molecule has 1 aliphatic carbocycles. The second-order valence-electron chi connectivity index (χ2n) is 3.55. The Morgan fingerprint density at radius 1 is 1.58 bits per heavy atom. The van der Waals surface area contributed by atoms with Gasteiger partial charge in [-0.05, 0) is 31.3 Å². The van der Waals surface area contributed by atoms with Crippen molar-refractivity contribution in [2.24, 2.45) is 5.92 Å². The van der Waals surface area contributed by atoms with Gasteiger partial charge in [-0.1, -0.05) is 6.08 Å². The Hall–Kier alpha value is -0.630. The van der Waals surface area contributed by atoms with Gasteiger partial charge in [0.1, 0.15) is 6.29 Å². The van der Waals surface area contributed by atoms with Crippen LogP contribution in [0.4, 0.5) is 0 Å². The lowest BCUT2D eigenvalue weighted by atomic mass is 9.83. The number of hydrogen-bond acceptors (Lipinski definition) is 2. The third kappa shape index (κ3) is 1.31. The van der Waals surface area contributed by atoms with Gasteiger partial charge in [0.15, 0.2) is 0 Å². The van der Waals surface area contributed by atoms with Crippen molar-refractivity contribution in [2.75, 3.05) is 6.61 Å². The van der Waals surface area contributed by atoms with Gasteiger partial charge in [-0.2, -0.15) is 0 Å². The van der Waals surface area contributed by atoms with E-state index in [0.717, 1.165) is 38.6 Å². The van der Waals surface area contributed by atoms with Gasteiger partial charge in [0.25, 0.3) is 0 Å². The van der Waals surface area contributed by atoms with Gasteiger partial charge in [0.2, 0.25) is 0 Å². The van der Waals surface area contributed by atoms with E-state index in [2.05, 4.69) is 6.08 Å². The molecule has 0 aromatic rings.